The first-order chi connectivity index (χ1) is 10.5. The van der Waals surface area contributed by atoms with E-state index in [-0.39, 0.29) is 11.9 Å². The Hall–Kier alpha value is -1.11. The van der Waals surface area contributed by atoms with Crippen LogP contribution >= 0.6 is 11.6 Å². The predicted octanol–water partition coefficient (Wildman–Crippen LogP) is 1.38. The Morgan fingerprint density at radius 2 is 2.09 bits per heavy atom. The van der Waals surface area contributed by atoms with Gasteiger partial charge in [0.2, 0.25) is 5.91 Å². The Labute approximate surface area is 136 Å². The zero-order chi connectivity index (χ0) is 16.1. The highest BCUT2D eigenvalue weighted by Gasteiger charge is 2.16. The summed E-state index contributed by atoms with van der Waals surface area (Å²) < 4.78 is 7.12. The van der Waals surface area contributed by atoms with Crippen LogP contribution in [-0.4, -0.2) is 59.5 Å². The van der Waals surface area contributed by atoms with E-state index in [1.165, 1.54) is 0 Å². The molecular weight excluding hydrogens is 304 g/mol. The highest BCUT2D eigenvalue weighted by atomic mass is 35.5. The van der Waals surface area contributed by atoms with Crippen molar-refractivity contribution >= 4 is 17.5 Å². The monoisotopic (exact) mass is 328 g/mol. The summed E-state index contributed by atoms with van der Waals surface area (Å²) in [6.45, 7) is 10.7. The first-order valence-electron chi connectivity index (χ1n) is 7.76. The Morgan fingerprint density at radius 3 is 2.68 bits per heavy atom. The third-order valence-corrected chi connectivity index (χ3v) is 4.43. The molecule has 1 aromatic heterocycles. The molecule has 1 aromatic rings. The summed E-state index contributed by atoms with van der Waals surface area (Å²) >= 11 is 6.11. The van der Waals surface area contributed by atoms with Crippen LogP contribution in [-0.2, 0) is 16.1 Å². The zero-order valence-electron chi connectivity index (χ0n) is 13.6. The van der Waals surface area contributed by atoms with E-state index in [1.807, 2.05) is 20.8 Å². The van der Waals surface area contributed by atoms with E-state index in [2.05, 4.69) is 15.3 Å². The van der Waals surface area contributed by atoms with Crippen LogP contribution < -0.4 is 5.32 Å². The maximum absolute atomic E-state index is 12.0. The largest absolute Gasteiger partial charge is 0.379 e. The highest BCUT2D eigenvalue weighted by molar-refractivity contribution is 6.31. The van der Waals surface area contributed by atoms with Crippen LogP contribution in [0.25, 0.3) is 0 Å². The molecule has 6 nitrogen and oxygen atoms in total. The minimum atomic E-state index is 0.0458. The van der Waals surface area contributed by atoms with Crippen molar-refractivity contribution in [1.82, 2.24) is 20.0 Å². The van der Waals surface area contributed by atoms with Crippen LogP contribution in [0.3, 0.4) is 0 Å². The smallest absolute Gasteiger partial charge is 0.222 e. The van der Waals surface area contributed by atoms with Gasteiger partial charge in [-0.25, -0.2) is 0 Å². The zero-order valence-corrected chi connectivity index (χ0v) is 14.3. The number of carbonyl (C=O) groups excluding carboxylic acids is 1. The summed E-state index contributed by atoms with van der Waals surface area (Å²) in [5.74, 6) is 0.0458. The van der Waals surface area contributed by atoms with Crippen molar-refractivity contribution in [2.45, 2.75) is 39.8 Å². The first kappa shape index (κ1) is 17.2. The molecule has 1 fully saturated rings. The number of hydrogen-bond donors (Lipinski definition) is 1. The molecule has 0 radical (unpaired) electrons. The van der Waals surface area contributed by atoms with Crippen LogP contribution in [0.1, 0.15) is 24.7 Å². The standard InChI is InChI=1S/C15H25ClN4O2/c1-11(10-19-6-8-22-9-7-19)17-14(21)4-5-20-13(3)15(16)12(2)18-20/h11H,4-10H2,1-3H3,(H,17,21). The summed E-state index contributed by atoms with van der Waals surface area (Å²) in [7, 11) is 0. The molecule has 0 bridgehead atoms. The van der Waals surface area contributed by atoms with Gasteiger partial charge in [0.1, 0.15) is 0 Å². The fourth-order valence-corrected chi connectivity index (χ4v) is 2.80. The Bertz CT molecular complexity index is 512. The fourth-order valence-electron chi connectivity index (χ4n) is 2.66. The highest BCUT2D eigenvalue weighted by Crippen LogP contribution is 2.18. The van der Waals surface area contributed by atoms with Gasteiger partial charge in [-0.3, -0.25) is 14.4 Å². The molecule has 1 saturated heterocycles. The molecule has 0 aromatic carbocycles. The number of ether oxygens (including phenoxy) is 1. The van der Waals surface area contributed by atoms with Gasteiger partial charge in [-0.1, -0.05) is 11.6 Å². The van der Waals surface area contributed by atoms with Gasteiger partial charge in [-0.15, -0.1) is 0 Å². The molecule has 2 heterocycles. The van der Waals surface area contributed by atoms with Crippen molar-refractivity contribution in [3.05, 3.63) is 16.4 Å². The van der Waals surface area contributed by atoms with Gasteiger partial charge in [-0.2, -0.15) is 5.10 Å². The van der Waals surface area contributed by atoms with Gasteiger partial charge in [0, 0.05) is 32.1 Å². The van der Waals surface area contributed by atoms with Crippen molar-refractivity contribution < 1.29 is 9.53 Å². The third-order valence-electron chi connectivity index (χ3n) is 3.89. The average Bonchev–Trinajstić information content (AvgIpc) is 2.73. The summed E-state index contributed by atoms with van der Waals surface area (Å²) in [4.78, 5) is 14.4. The van der Waals surface area contributed by atoms with E-state index in [9.17, 15) is 4.79 Å². The van der Waals surface area contributed by atoms with Gasteiger partial charge in [0.25, 0.3) is 0 Å². The Kier molecular flexibility index (Phi) is 6.23. The molecule has 0 saturated carbocycles. The van der Waals surface area contributed by atoms with Crippen LogP contribution in [0.5, 0.6) is 0 Å². The van der Waals surface area contributed by atoms with E-state index < -0.39 is 0 Å². The number of aromatic nitrogens is 2. The molecule has 7 heteroatoms. The van der Waals surface area contributed by atoms with E-state index >= 15 is 0 Å². The summed E-state index contributed by atoms with van der Waals surface area (Å²) in [6, 6.07) is 0.134. The number of rotatable bonds is 6. The molecule has 1 amide bonds. The predicted molar refractivity (Wildman–Crippen MR) is 86.2 cm³/mol. The molecular formula is C15H25ClN4O2. The SMILES string of the molecule is Cc1nn(CCC(=O)NC(C)CN2CCOCC2)c(C)c1Cl. The van der Waals surface area contributed by atoms with Crippen molar-refractivity contribution in [3.63, 3.8) is 0 Å². The minimum absolute atomic E-state index is 0.0458. The van der Waals surface area contributed by atoms with Gasteiger partial charge in [0.05, 0.1) is 36.2 Å². The van der Waals surface area contributed by atoms with Crippen LogP contribution in [0.2, 0.25) is 5.02 Å². The maximum Gasteiger partial charge on any atom is 0.222 e. The number of halogens is 1. The lowest BCUT2D eigenvalue weighted by atomic mass is 10.2. The van der Waals surface area contributed by atoms with E-state index in [0.717, 1.165) is 44.2 Å². The van der Waals surface area contributed by atoms with Crippen LogP contribution in [0.4, 0.5) is 0 Å². The van der Waals surface area contributed by atoms with Crippen molar-refractivity contribution in [2.24, 2.45) is 0 Å². The molecule has 1 unspecified atom stereocenters. The first-order valence-corrected chi connectivity index (χ1v) is 8.14. The second-order valence-corrected chi connectivity index (χ2v) is 6.22. The second-order valence-electron chi connectivity index (χ2n) is 5.84. The lowest BCUT2D eigenvalue weighted by molar-refractivity contribution is -0.122. The molecule has 1 N–H and O–H groups in total. The average molecular weight is 329 g/mol. The molecule has 1 atom stereocenters. The number of aryl methyl sites for hydroxylation is 2. The normalized spacial score (nSPS) is 17.5. The van der Waals surface area contributed by atoms with Crippen molar-refractivity contribution in [1.29, 1.82) is 0 Å². The number of carbonyl (C=O) groups is 1. The topological polar surface area (TPSA) is 59.4 Å². The maximum atomic E-state index is 12.0. The van der Waals surface area contributed by atoms with Crippen molar-refractivity contribution in [3.8, 4) is 0 Å². The minimum Gasteiger partial charge on any atom is -0.379 e. The van der Waals surface area contributed by atoms with E-state index in [4.69, 9.17) is 16.3 Å². The van der Waals surface area contributed by atoms with Gasteiger partial charge in [-0.05, 0) is 20.8 Å². The lowest BCUT2D eigenvalue weighted by Gasteiger charge is -2.29. The summed E-state index contributed by atoms with van der Waals surface area (Å²) in [5.41, 5.74) is 1.72. The molecule has 22 heavy (non-hydrogen) atoms. The number of hydrogen-bond acceptors (Lipinski definition) is 4. The number of nitrogens with zero attached hydrogens (tertiary/aromatic N) is 3. The molecule has 0 aliphatic carbocycles. The molecule has 1 aliphatic heterocycles. The van der Waals surface area contributed by atoms with E-state index in [1.54, 1.807) is 4.68 Å². The third kappa shape index (κ3) is 4.69. The van der Waals surface area contributed by atoms with Crippen LogP contribution in [0, 0.1) is 13.8 Å². The molecule has 2 rings (SSSR count). The quantitative estimate of drug-likeness (QED) is 0.857. The van der Waals surface area contributed by atoms with Crippen LogP contribution in [0.15, 0.2) is 0 Å². The lowest BCUT2D eigenvalue weighted by Crippen LogP contribution is -2.46. The molecule has 0 spiro atoms. The van der Waals surface area contributed by atoms with Gasteiger partial charge < -0.3 is 10.1 Å². The van der Waals surface area contributed by atoms with Gasteiger partial charge in [0.15, 0.2) is 0 Å². The second kappa shape index (κ2) is 7.94. The number of amides is 1. The Balaban J connectivity index is 1.73. The number of morpholine rings is 1. The molecule has 1 aliphatic rings. The van der Waals surface area contributed by atoms with Gasteiger partial charge >= 0.3 is 0 Å². The fraction of sp³-hybridized carbons (Fsp3) is 0.733. The van der Waals surface area contributed by atoms with E-state index in [0.29, 0.717) is 18.0 Å². The molecule has 124 valence electrons. The summed E-state index contributed by atoms with van der Waals surface area (Å²) in [5, 5.41) is 8.06. The van der Waals surface area contributed by atoms with Crippen molar-refractivity contribution in [2.75, 3.05) is 32.8 Å². The Morgan fingerprint density at radius 1 is 1.41 bits per heavy atom. The summed E-state index contributed by atoms with van der Waals surface area (Å²) in [6.07, 6.45) is 0.408. The number of nitrogens with one attached hydrogen (secondary N) is 1.